The van der Waals surface area contributed by atoms with Gasteiger partial charge in [-0.1, -0.05) is 24.3 Å². The molecule has 0 bridgehead atoms. The molecule has 0 spiro atoms. The fourth-order valence-electron chi connectivity index (χ4n) is 3.87. The van der Waals surface area contributed by atoms with E-state index in [0.717, 1.165) is 56.2 Å². The monoisotopic (exact) mass is 437 g/mol. The quantitative estimate of drug-likeness (QED) is 0.439. The third-order valence-electron chi connectivity index (χ3n) is 6.07. The molecule has 1 aromatic carbocycles. The number of hydrogen-bond acceptors (Lipinski definition) is 5. The van der Waals surface area contributed by atoms with Crippen molar-refractivity contribution in [2.24, 2.45) is 5.92 Å². The molecule has 3 aromatic rings. The van der Waals surface area contributed by atoms with Gasteiger partial charge in [-0.05, 0) is 62.1 Å². The van der Waals surface area contributed by atoms with E-state index in [1.54, 1.807) is 6.20 Å². The maximum atomic E-state index is 11.8. The zero-order chi connectivity index (χ0) is 22.3. The van der Waals surface area contributed by atoms with Crippen molar-refractivity contribution < 1.29 is 4.74 Å². The molecule has 8 heteroatoms. The topological polar surface area (TPSA) is 94.8 Å². The van der Waals surface area contributed by atoms with Crippen LogP contribution in [0, 0.1) is 5.92 Å². The van der Waals surface area contributed by atoms with Crippen LogP contribution in [0.15, 0.2) is 52.3 Å². The molecule has 1 saturated carbocycles. The number of aromatic amines is 1. The van der Waals surface area contributed by atoms with E-state index in [-0.39, 0.29) is 11.2 Å². The summed E-state index contributed by atoms with van der Waals surface area (Å²) >= 11 is 0. The highest BCUT2D eigenvalue weighted by Gasteiger charge is 2.22. The van der Waals surface area contributed by atoms with Gasteiger partial charge < -0.3 is 9.30 Å². The van der Waals surface area contributed by atoms with Gasteiger partial charge in [0.15, 0.2) is 0 Å². The van der Waals surface area contributed by atoms with E-state index in [0.29, 0.717) is 12.5 Å². The lowest BCUT2D eigenvalue weighted by Gasteiger charge is -2.18. The summed E-state index contributed by atoms with van der Waals surface area (Å²) in [6.45, 7) is 4.36. The van der Waals surface area contributed by atoms with Crippen LogP contribution in [0.25, 0.3) is 0 Å². The van der Waals surface area contributed by atoms with E-state index < -0.39 is 0 Å². The third kappa shape index (κ3) is 5.96. The number of nitrogens with zero attached hydrogens (tertiary/aromatic N) is 4. The van der Waals surface area contributed by atoms with Gasteiger partial charge in [-0.2, -0.15) is 0 Å². The number of ether oxygens (including phenoxy) is 1. The Morgan fingerprint density at radius 3 is 2.88 bits per heavy atom. The van der Waals surface area contributed by atoms with E-state index in [2.05, 4.69) is 40.4 Å². The van der Waals surface area contributed by atoms with E-state index in [1.807, 2.05) is 16.9 Å². The summed E-state index contributed by atoms with van der Waals surface area (Å²) in [6.07, 6.45) is 9.51. The summed E-state index contributed by atoms with van der Waals surface area (Å²) < 4.78 is 9.49. The Labute approximate surface area is 187 Å². The maximum Gasteiger partial charge on any atom is 0.328 e. The lowest BCUT2D eigenvalue weighted by molar-refractivity contribution is 0.299. The van der Waals surface area contributed by atoms with E-state index in [9.17, 15) is 9.59 Å². The Morgan fingerprint density at radius 2 is 2.09 bits per heavy atom. The summed E-state index contributed by atoms with van der Waals surface area (Å²) in [6, 6.07) is 9.80. The summed E-state index contributed by atoms with van der Waals surface area (Å²) in [5, 5.41) is 8.45. The minimum atomic E-state index is -0.369. The smallest absolute Gasteiger partial charge is 0.328 e. The molecule has 170 valence electrons. The van der Waals surface area contributed by atoms with E-state index in [4.69, 9.17) is 4.74 Å². The third-order valence-corrected chi connectivity index (χ3v) is 6.07. The molecule has 8 nitrogen and oxygen atoms in total. The minimum Gasteiger partial charge on any atom is -0.493 e. The Bertz CT molecular complexity index is 1130. The zero-order valence-electron chi connectivity index (χ0n) is 18.6. The molecule has 1 aliphatic rings. The molecule has 1 aliphatic carbocycles. The number of H-pyrrole nitrogens is 1. The molecular weight excluding hydrogens is 406 g/mol. The molecule has 0 aliphatic heterocycles. The number of nitrogens with one attached hydrogen (secondary N) is 1. The summed E-state index contributed by atoms with van der Waals surface area (Å²) in [4.78, 5) is 25.2. The van der Waals surface area contributed by atoms with Crippen LogP contribution < -0.4 is 16.0 Å². The van der Waals surface area contributed by atoms with Crippen LogP contribution in [0.1, 0.15) is 56.2 Å². The van der Waals surface area contributed by atoms with Gasteiger partial charge in [0.1, 0.15) is 5.75 Å². The maximum absolute atomic E-state index is 11.8. The van der Waals surface area contributed by atoms with Gasteiger partial charge in [-0.3, -0.25) is 9.78 Å². The normalized spacial score (nSPS) is 14.4. The second kappa shape index (κ2) is 10.4. The van der Waals surface area contributed by atoms with Crippen molar-refractivity contribution in [3.05, 3.63) is 74.8 Å². The van der Waals surface area contributed by atoms with Gasteiger partial charge in [0, 0.05) is 31.3 Å². The van der Waals surface area contributed by atoms with Gasteiger partial charge in [-0.15, -0.1) is 5.10 Å². The van der Waals surface area contributed by atoms with Crippen LogP contribution in [-0.4, -0.2) is 31.2 Å². The molecule has 1 fully saturated rings. The predicted octanol–water partition coefficient (Wildman–Crippen LogP) is 3.13. The van der Waals surface area contributed by atoms with Crippen molar-refractivity contribution in [2.75, 3.05) is 6.61 Å². The second-order valence-corrected chi connectivity index (χ2v) is 8.60. The first-order valence-electron chi connectivity index (χ1n) is 11.5. The first-order valence-corrected chi connectivity index (χ1v) is 11.5. The fourth-order valence-corrected chi connectivity index (χ4v) is 3.87. The molecule has 0 unspecified atom stereocenters. The van der Waals surface area contributed by atoms with E-state index in [1.165, 1.54) is 29.0 Å². The van der Waals surface area contributed by atoms with Crippen LogP contribution in [0.3, 0.4) is 0 Å². The molecule has 2 heterocycles. The largest absolute Gasteiger partial charge is 0.493 e. The van der Waals surface area contributed by atoms with Gasteiger partial charge in [-0.25, -0.2) is 9.48 Å². The minimum absolute atomic E-state index is 0.333. The van der Waals surface area contributed by atoms with Crippen LogP contribution in [0.4, 0.5) is 0 Å². The van der Waals surface area contributed by atoms with Crippen molar-refractivity contribution >= 4 is 0 Å². The first-order chi connectivity index (χ1) is 15.6. The summed E-state index contributed by atoms with van der Waals surface area (Å²) in [5.74, 6) is 2.02. The first kappa shape index (κ1) is 22.0. The Morgan fingerprint density at radius 1 is 1.22 bits per heavy atom. The molecule has 1 N–H and O–H groups in total. The van der Waals surface area contributed by atoms with Gasteiger partial charge in [0.05, 0.1) is 18.5 Å². The van der Waals surface area contributed by atoms with E-state index >= 15 is 0 Å². The number of aryl methyl sites for hydroxylation is 2. The molecule has 0 amide bonds. The molecular formula is C24H31N5O3. The number of hydrogen-bond donors (Lipinski definition) is 1. The average Bonchev–Trinajstić information content (AvgIpc) is 3.53. The Balaban J connectivity index is 1.32. The number of benzene rings is 1. The van der Waals surface area contributed by atoms with Gasteiger partial charge in [0.2, 0.25) is 0 Å². The molecule has 2 aromatic heterocycles. The van der Waals surface area contributed by atoms with Crippen LogP contribution >= 0.6 is 0 Å². The van der Waals surface area contributed by atoms with Crippen LogP contribution in [0.5, 0.6) is 5.75 Å². The molecule has 32 heavy (non-hydrogen) atoms. The van der Waals surface area contributed by atoms with Crippen molar-refractivity contribution in [1.82, 2.24) is 24.5 Å². The number of aromatic nitrogens is 5. The van der Waals surface area contributed by atoms with Crippen LogP contribution in [0.2, 0.25) is 0 Å². The van der Waals surface area contributed by atoms with Gasteiger partial charge in [0.25, 0.3) is 5.56 Å². The summed E-state index contributed by atoms with van der Waals surface area (Å²) in [7, 11) is 0. The Kier molecular flexibility index (Phi) is 7.19. The van der Waals surface area contributed by atoms with Crippen molar-refractivity contribution in [3.8, 4) is 5.75 Å². The highest BCUT2D eigenvalue weighted by Crippen LogP contribution is 2.31. The zero-order valence-corrected chi connectivity index (χ0v) is 18.6. The fraction of sp³-hybridized carbons (Fsp3) is 0.500. The average molecular weight is 438 g/mol. The lowest BCUT2D eigenvalue weighted by atomic mass is 9.96. The van der Waals surface area contributed by atoms with Crippen molar-refractivity contribution in [1.29, 1.82) is 0 Å². The number of rotatable bonds is 12. The molecule has 0 saturated heterocycles. The molecule has 1 atom stereocenters. The SMILES string of the molecule is CC[C@H](Cn1nncc1CCCCn1ccc(=O)[nH]c1=O)c1cccc(OCC2CC2)c1. The lowest BCUT2D eigenvalue weighted by Crippen LogP contribution is -2.28. The predicted molar refractivity (Wildman–Crippen MR) is 122 cm³/mol. The number of unbranched alkanes of at least 4 members (excludes halogenated alkanes) is 1. The molecule has 4 rings (SSSR count). The van der Waals surface area contributed by atoms with Crippen LogP contribution in [-0.2, 0) is 19.5 Å². The standard InChI is InChI=1S/C24H31N5O3/c1-2-19(20-6-5-8-22(14-20)32-17-18-9-10-18)16-29-21(15-25-27-29)7-3-4-12-28-13-11-23(30)26-24(28)31/h5-6,8,11,13-15,18-19H,2-4,7,9-10,12,16-17H2,1H3,(H,26,30,31)/t19-/m1/s1. The van der Waals surface area contributed by atoms with Crippen molar-refractivity contribution in [2.45, 2.75) is 64.5 Å². The highest BCUT2D eigenvalue weighted by atomic mass is 16.5. The summed E-state index contributed by atoms with van der Waals surface area (Å²) in [5.41, 5.74) is 1.63. The van der Waals surface area contributed by atoms with Gasteiger partial charge >= 0.3 is 5.69 Å². The highest BCUT2D eigenvalue weighted by molar-refractivity contribution is 5.31. The Hall–Kier alpha value is -3.16. The second-order valence-electron chi connectivity index (χ2n) is 8.60. The molecule has 0 radical (unpaired) electrons. The van der Waals surface area contributed by atoms with Crippen molar-refractivity contribution in [3.63, 3.8) is 0 Å².